The third kappa shape index (κ3) is 6.06. The number of benzene rings is 2. The van der Waals surface area contributed by atoms with Gasteiger partial charge >= 0.3 is 5.97 Å². The van der Waals surface area contributed by atoms with Gasteiger partial charge in [-0.25, -0.2) is 4.79 Å². The van der Waals surface area contributed by atoms with E-state index in [2.05, 4.69) is 0 Å². The van der Waals surface area contributed by atoms with Crippen LogP contribution in [-0.4, -0.2) is 32.9 Å². The first kappa shape index (κ1) is 20.8. The maximum absolute atomic E-state index is 11.7. The summed E-state index contributed by atoms with van der Waals surface area (Å²) in [7, 11) is 1.52. The van der Waals surface area contributed by atoms with Crippen LogP contribution in [0.25, 0.3) is 6.08 Å². The lowest BCUT2D eigenvalue weighted by atomic mass is 10.1. The second kappa shape index (κ2) is 10.6. The van der Waals surface area contributed by atoms with Crippen molar-refractivity contribution in [3.8, 4) is 23.3 Å². The minimum absolute atomic E-state index is 0.0796. The average molecular weight is 381 g/mol. The standard InChI is InChI=1S/C22H23NO5/c1-4-26-22(24)18(15-23)13-17-7-10-20(21(14-17)25-3)28-12-11-27-19-8-5-16(2)6-9-19/h5-10,13-14H,4,11-12H2,1-3H3/b18-13-. The topological polar surface area (TPSA) is 77.8 Å². The van der Waals surface area contributed by atoms with Crippen molar-refractivity contribution in [3.63, 3.8) is 0 Å². The van der Waals surface area contributed by atoms with Crippen LogP contribution in [0, 0.1) is 18.3 Å². The smallest absolute Gasteiger partial charge is 0.348 e. The fourth-order valence-corrected chi connectivity index (χ4v) is 2.35. The van der Waals surface area contributed by atoms with Crippen molar-refractivity contribution < 1.29 is 23.7 Å². The maximum atomic E-state index is 11.7. The van der Waals surface area contributed by atoms with Gasteiger partial charge in [-0.1, -0.05) is 23.8 Å². The molecule has 0 amide bonds. The fourth-order valence-electron chi connectivity index (χ4n) is 2.35. The highest BCUT2D eigenvalue weighted by Crippen LogP contribution is 2.29. The molecule has 2 aromatic rings. The van der Waals surface area contributed by atoms with Crippen LogP contribution in [0.2, 0.25) is 0 Å². The van der Waals surface area contributed by atoms with Gasteiger partial charge in [-0.15, -0.1) is 0 Å². The van der Waals surface area contributed by atoms with Gasteiger partial charge in [-0.05, 0) is 49.8 Å². The molecule has 2 aromatic carbocycles. The van der Waals surface area contributed by atoms with Crippen molar-refractivity contribution in [1.29, 1.82) is 5.26 Å². The zero-order valence-electron chi connectivity index (χ0n) is 16.2. The summed E-state index contributed by atoms with van der Waals surface area (Å²) in [5.41, 5.74) is 1.72. The summed E-state index contributed by atoms with van der Waals surface area (Å²) in [5, 5.41) is 9.13. The Morgan fingerprint density at radius 1 is 1.07 bits per heavy atom. The van der Waals surface area contributed by atoms with E-state index in [9.17, 15) is 4.79 Å². The molecule has 0 aliphatic carbocycles. The fraction of sp³-hybridized carbons (Fsp3) is 0.273. The third-order valence-electron chi connectivity index (χ3n) is 3.75. The van der Waals surface area contributed by atoms with E-state index in [1.165, 1.54) is 18.7 Å². The van der Waals surface area contributed by atoms with Gasteiger partial charge in [0.2, 0.25) is 0 Å². The Morgan fingerprint density at radius 2 is 1.79 bits per heavy atom. The number of aryl methyl sites for hydroxylation is 1. The van der Waals surface area contributed by atoms with Crippen molar-refractivity contribution in [1.82, 2.24) is 0 Å². The first-order valence-corrected chi connectivity index (χ1v) is 8.86. The number of carbonyl (C=O) groups excluding carboxylic acids is 1. The first-order valence-electron chi connectivity index (χ1n) is 8.86. The van der Waals surface area contributed by atoms with Crippen LogP contribution < -0.4 is 14.2 Å². The highest BCUT2D eigenvalue weighted by atomic mass is 16.5. The van der Waals surface area contributed by atoms with Crippen molar-refractivity contribution in [2.75, 3.05) is 26.9 Å². The number of esters is 1. The maximum Gasteiger partial charge on any atom is 0.348 e. The SMILES string of the molecule is CCOC(=O)/C(C#N)=C\c1ccc(OCCOc2ccc(C)cc2)c(OC)c1. The van der Waals surface area contributed by atoms with E-state index in [-0.39, 0.29) is 12.2 Å². The molecule has 0 saturated heterocycles. The number of ether oxygens (including phenoxy) is 4. The summed E-state index contributed by atoms with van der Waals surface area (Å²) in [6, 6.07) is 14.8. The van der Waals surface area contributed by atoms with Gasteiger partial charge < -0.3 is 18.9 Å². The van der Waals surface area contributed by atoms with E-state index in [1.54, 1.807) is 25.1 Å². The zero-order chi connectivity index (χ0) is 20.4. The summed E-state index contributed by atoms with van der Waals surface area (Å²) in [6.07, 6.45) is 1.45. The second-order valence-corrected chi connectivity index (χ2v) is 5.81. The molecule has 0 radical (unpaired) electrons. The van der Waals surface area contributed by atoms with Crippen LogP contribution in [-0.2, 0) is 9.53 Å². The first-order chi connectivity index (χ1) is 13.6. The second-order valence-electron chi connectivity index (χ2n) is 5.81. The van der Waals surface area contributed by atoms with Crippen LogP contribution >= 0.6 is 0 Å². The van der Waals surface area contributed by atoms with Gasteiger partial charge in [0, 0.05) is 0 Å². The molecule has 0 unspecified atom stereocenters. The van der Waals surface area contributed by atoms with Gasteiger partial charge in [0.15, 0.2) is 11.5 Å². The average Bonchev–Trinajstić information content (AvgIpc) is 2.71. The van der Waals surface area contributed by atoms with Crippen LogP contribution in [0.4, 0.5) is 0 Å². The predicted molar refractivity (Wildman–Crippen MR) is 105 cm³/mol. The van der Waals surface area contributed by atoms with Crippen molar-refractivity contribution in [2.24, 2.45) is 0 Å². The van der Waals surface area contributed by atoms with Crippen LogP contribution in [0.15, 0.2) is 48.0 Å². The Morgan fingerprint density at radius 3 is 2.43 bits per heavy atom. The van der Waals surface area contributed by atoms with Crippen LogP contribution in [0.3, 0.4) is 0 Å². The van der Waals surface area contributed by atoms with Crippen molar-refractivity contribution in [2.45, 2.75) is 13.8 Å². The molecule has 6 heteroatoms. The monoisotopic (exact) mass is 381 g/mol. The number of methoxy groups -OCH3 is 1. The summed E-state index contributed by atoms with van der Waals surface area (Å²) in [4.78, 5) is 11.7. The molecule has 0 heterocycles. The zero-order valence-corrected chi connectivity index (χ0v) is 16.2. The van der Waals surface area contributed by atoms with Crippen LogP contribution in [0.5, 0.6) is 17.2 Å². The van der Waals surface area contributed by atoms with E-state index in [4.69, 9.17) is 24.2 Å². The Bertz CT molecular complexity index is 865. The van der Waals surface area contributed by atoms with E-state index >= 15 is 0 Å². The van der Waals surface area contributed by atoms with E-state index in [1.807, 2.05) is 37.3 Å². The number of nitriles is 1. The van der Waals surface area contributed by atoms with Gasteiger partial charge in [0.25, 0.3) is 0 Å². The molecule has 146 valence electrons. The Kier molecular flexibility index (Phi) is 7.92. The van der Waals surface area contributed by atoms with Crippen molar-refractivity contribution in [3.05, 3.63) is 59.2 Å². The molecule has 0 spiro atoms. The van der Waals surface area contributed by atoms with Gasteiger partial charge in [-0.2, -0.15) is 5.26 Å². The molecule has 0 N–H and O–H groups in total. The molecule has 6 nitrogen and oxygen atoms in total. The summed E-state index contributed by atoms with van der Waals surface area (Å²) in [5.74, 6) is 1.16. The minimum Gasteiger partial charge on any atom is -0.493 e. The quantitative estimate of drug-likeness (QED) is 0.283. The molecule has 0 aliphatic rings. The lowest BCUT2D eigenvalue weighted by molar-refractivity contribution is -0.137. The van der Waals surface area contributed by atoms with E-state index in [0.29, 0.717) is 30.3 Å². The molecule has 0 atom stereocenters. The Balaban J connectivity index is 1.99. The molecule has 0 saturated carbocycles. The van der Waals surface area contributed by atoms with E-state index in [0.717, 1.165) is 5.75 Å². The van der Waals surface area contributed by atoms with E-state index < -0.39 is 5.97 Å². The molecule has 2 rings (SSSR count). The molecule has 0 aliphatic heterocycles. The summed E-state index contributed by atoms with van der Waals surface area (Å²) >= 11 is 0. The third-order valence-corrected chi connectivity index (χ3v) is 3.75. The Hall–Kier alpha value is -3.46. The molecule has 0 aromatic heterocycles. The number of hydrogen-bond donors (Lipinski definition) is 0. The lowest BCUT2D eigenvalue weighted by Gasteiger charge is -2.12. The largest absolute Gasteiger partial charge is 0.493 e. The summed E-state index contributed by atoms with van der Waals surface area (Å²) < 4.78 is 21.6. The van der Waals surface area contributed by atoms with Gasteiger partial charge in [0.1, 0.15) is 30.6 Å². The molecular formula is C22H23NO5. The van der Waals surface area contributed by atoms with Crippen molar-refractivity contribution >= 4 is 12.0 Å². The predicted octanol–water partition coefficient (Wildman–Crippen LogP) is 3.93. The molecule has 0 fully saturated rings. The number of hydrogen-bond acceptors (Lipinski definition) is 6. The van der Waals surface area contributed by atoms with Gasteiger partial charge in [-0.3, -0.25) is 0 Å². The number of rotatable bonds is 9. The highest BCUT2D eigenvalue weighted by Gasteiger charge is 2.11. The molecule has 0 bridgehead atoms. The van der Waals surface area contributed by atoms with Crippen LogP contribution in [0.1, 0.15) is 18.1 Å². The summed E-state index contributed by atoms with van der Waals surface area (Å²) in [6.45, 7) is 4.63. The molecule has 28 heavy (non-hydrogen) atoms. The van der Waals surface area contributed by atoms with Gasteiger partial charge in [0.05, 0.1) is 13.7 Å². The highest BCUT2D eigenvalue weighted by molar-refractivity contribution is 5.97. The minimum atomic E-state index is -0.655. The number of carbonyl (C=O) groups is 1. The lowest BCUT2D eigenvalue weighted by Crippen LogP contribution is -2.09. The molecular weight excluding hydrogens is 358 g/mol. The Labute approximate surface area is 164 Å². The number of nitrogens with zero attached hydrogens (tertiary/aromatic N) is 1. The normalized spacial score (nSPS) is 10.7.